The fourth-order valence-electron chi connectivity index (χ4n) is 13.4. The normalized spacial score (nSPS) is 45.9. The quantitative estimate of drug-likeness (QED) is 0.242. The van der Waals surface area contributed by atoms with Crippen LogP contribution in [0.1, 0.15) is 130 Å². The van der Waals surface area contributed by atoms with Gasteiger partial charge in [-0.1, -0.05) is 51.0 Å². The Bertz CT molecular complexity index is 1350. The molecule has 6 unspecified atom stereocenters. The maximum absolute atomic E-state index is 12.5. The molecule has 50 heavy (non-hydrogen) atoms. The minimum atomic E-state index is -0.536. The van der Waals surface area contributed by atoms with E-state index in [9.17, 15) is 19.2 Å². The molecule has 0 spiro atoms. The average molecular weight is 693 g/mol. The summed E-state index contributed by atoms with van der Waals surface area (Å²) in [5, 5.41) is 17.8. The second kappa shape index (κ2) is 13.3. The monoisotopic (exact) mass is 692 g/mol. The third-order valence-corrected chi connectivity index (χ3v) is 16.4. The molecule has 6 saturated carbocycles. The predicted molar refractivity (Wildman–Crippen MR) is 187 cm³/mol. The topological polar surface area (TPSA) is 127 Å². The number of carbonyl (C=O) groups excluding carboxylic acids is 4. The van der Waals surface area contributed by atoms with Crippen LogP contribution in [-0.4, -0.2) is 59.1 Å². The van der Waals surface area contributed by atoms with Crippen LogP contribution < -0.4 is 0 Å². The first kappa shape index (κ1) is 36.1. The van der Waals surface area contributed by atoms with Crippen LogP contribution in [0.3, 0.4) is 0 Å². The summed E-state index contributed by atoms with van der Waals surface area (Å²) in [6, 6.07) is 0. The van der Waals surface area contributed by atoms with E-state index in [1.165, 1.54) is 11.1 Å². The zero-order valence-electron chi connectivity index (χ0n) is 30.8. The number of hydrogen-bond acceptors (Lipinski definition) is 8. The Morgan fingerprint density at radius 3 is 1.34 bits per heavy atom. The maximum Gasteiger partial charge on any atom is 0.332 e. The van der Waals surface area contributed by atoms with Gasteiger partial charge in [0, 0.05) is 36.5 Å². The number of Topliss-reactive ketones (excluding diaryl/α,β-unsaturated/α-hetero) is 2. The third kappa shape index (κ3) is 5.77. The van der Waals surface area contributed by atoms with E-state index in [0.29, 0.717) is 47.1 Å². The second-order valence-corrected chi connectivity index (χ2v) is 18.4. The highest BCUT2D eigenvalue weighted by Gasteiger charge is 2.60. The number of ketones is 2. The molecule has 0 aromatic rings. The van der Waals surface area contributed by atoms with Crippen molar-refractivity contribution in [1.82, 2.24) is 0 Å². The lowest BCUT2D eigenvalue weighted by molar-refractivity contribution is -0.155. The number of ether oxygens (including phenoxy) is 2. The van der Waals surface area contributed by atoms with E-state index in [0.717, 1.165) is 103 Å². The fourth-order valence-corrected chi connectivity index (χ4v) is 13.4. The molecular weight excluding hydrogens is 632 g/mol. The van der Waals surface area contributed by atoms with E-state index in [2.05, 4.69) is 39.8 Å². The smallest absolute Gasteiger partial charge is 0.332 e. The molecule has 0 saturated heterocycles. The highest BCUT2D eigenvalue weighted by molar-refractivity contribution is 5.87. The lowest BCUT2D eigenvalue weighted by atomic mass is 9.48. The summed E-state index contributed by atoms with van der Waals surface area (Å²) in [4.78, 5) is 47.7. The van der Waals surface area contributed by atoms with Gasteiger partial charge in [0.15, 0.2) is 0 Å². The van der Waals surface area contributed by atoms with Crippen LogP contribution in [0, 0.1) is 57.2 Å². The van der Waals surface area contributed by atoms with Crippen molar-refractivity contribution in [2.45, 2.75) is 143 Å². The maximum atomic E-state index is 12.5. The summed E-state index contributed by atoms with van der Waals surface area (Å²) in [5.41, 5.74) is 3.14. The highest BCUT2D eigenvalue weighted by Crippen LogP contribution is 2.65. The molecule has 8 aliphatic carbocycles. The molecule has 8 heteroatoms. The Morgan fingerprint density at radius 2 is 0.960 bits per heavy atom. The lowest BCUT2D eigenvalue weighted by Gasteiger charge is -2.56. The number of aliphatic hydroxyl groups is 2. The largest absolute Gasteiger partial charge is 0.460 e. The molecule has 8 nitrogen and oxygen atoms in total. The Morgan fingerprint density at radius 1 is 0.600 bits per heavy atom. The van der Waals surface area contributed by atoms with Gasteiger partial charge in [0.2, 0.25) is 0 Å². The van der Waals surface area contributed by atoms with Gasteiger partial charge in [-0.15, -0.1) is 0 Å². The van der Waals surface area contributed by atoms with Gasteiger partial charge in [0.25, 0.3) is 0 Å². The predicted octanol–water partition coefficient (Wildman–Crippen LogP) is 6.84. The molecule has 0 aromatic heterocycles. The zero-order valence-corrected chi connectivity index (χ0v) is 30.8. The Balaban J connectivity index is 0.000000157. The van der Waals surface area contributed by atoms with Crippen LogP contribution in [0.5, 0.6) is 0 Å². The Labute approximate surface area is 298 Å². The van der Waals surface area contributed by atoms with Crippen LogP contribution in [0.25, 0.3) is 0 Å². The first-order valence-corrected chi connectivity index (χ1v) is 19.8. The molecule has 8 rings (SSSR count). The summed E-state index contributed by atoms with van der Waals surface area (Å²) in [6.07, 6.45) is 20.3. The van der Waals surface area contributed by atoms with Crippen molar-refractivity contribution in [3.8, 4) is 0 Å². The molecule has 276 valence electrons. The number of rotatable bonds is 4. The first-order chi connectivity index (χ1) is 23.8. The highest BCUT2D eigenvalue weighted by atomic mass is 16.6. The van der Waals surface area contributed by atoms with Crippen LogP contribution in [0.4, 0.5) is 0 Å². The van der Waals surface area contributed by atoms with E-state index < -0.39 is 25.2 Å². The number of carbonyl (C=O) groups is 4. The van der Waals surface area contributed by atoms with E-state index in [-0.39, 0.29) is 33.9 Å². The Kier molecular flexibility index (Phi) is 9.57. The van der Waals surface area contributed by atoms with Crippen LogP contribution in [-0.2, 0) is 28.7 Å². The van der Waals surface area contributed by atoms with Crippen molar-refractivity contribution in [3.63, 3.8) is 0 Å². The van der Waals surface area contributed by atoms with Crippen LogP contribution in [0.2, 0.25) is 0 Å². The van der Waals surface area contributed by atoms with Crippen molar-refractivity contribution in [3.05, 3.63) is 23.3 Å². The second-order valence-electron chi connectivity index (χ2n) is 18.4. The molecule has 0 aromatic carbocycles. The summed E-state index contributed by atoms with van der Waals surface area (Å²) < 4.78 is 10.8. The average Bonchev–Trinajstić information content (AvgIpc) is 3.58. The minimum absolute atomic E-state index is 0.0727. The van der Waals surface area contributed by atoms with Gasteiger partial charge in [0.1, 0.15) is 37.0 Å². The minimum Gasteiger partial charge on any atom is -0.460 e. The standard InChI is InChI=1S/2C21H30O4/c2*1-20-9-7-14(25-19(24)12-22)11-13(20)3-4-15-16-5-6-18(23)21(16,2)10-8-17(15)20/h2*3,14-17,22H,4-12H2,1-2H3/t14-,15?,16?,17?,20+,21+;14-,15?,16?,17?,20-,21-/m10/s1. The van der Waals surface area contributed by atoms with Gasteiger partial charge in [0.05, 0.1) is 0 Å². The van der Waals surface area contributed by atoms with E-state index in [1.807, 2.05) is 0 Å². The molecule has 8 aliphatic rings. The number of esters is 2. The molecule has 0 aliphatic heterocycles. The van der Waals surface area contributed by atoms with Crippen molar-refractivity contribution in [2.75, 3.05) is 13.2 Å². The van der Waals surface area contributed by atoms with E-state index >= 15 is 0 Å². The van der Waals surface area contributed by atoms with Crippen LogP contribution in [0.15, 0.2) is 23.3 Å². The van der Waals surface area contributed by atoms with Crippen molar-refractivity contribution in [2.24, 2.45) is 57.2 Å². The number of fused-ring (bicyclic) bond motifs is 10. The van der Waals surface area contributed by atoms with Crippen molar-refractivity contribution < 1.29 is 38.9 Å². The molecule has 2 N–H and O–H groups in total. The van der Waals surface area contributed by atoms with Gasteiger partial charge < -0.3 is 19.7 Å². The van der Waals surface area contributed by atoms with Gasteiger partial charge in [-0.25, -0.2) is 9.59 Å². The van der Waals surface area contributed by atoms with E-state index in [1.54, 1.807) is 0 Å². The molecule has 12 atom stereocenters. The number of hydrogen-bond donors (Lipinski definition) is 2. The number of aliphatic hydroxyl groups excluding tert-OH is 2. The summed E-state index contributed by atoms with van der Waals surface area (Å²) in [5.74, 6) is 3.66. The molecule has 0 bridgehead atoms. The Hall–Kier alpha value is -2.32. The fraction of sp³-hybridized carbons (Fsp3) is 0.810. The SMILES string of the molecule is C[C@]12CC[C@@H](OC(=O)CO)CC1=CCC1C2CC[C@]2(C)C(=O)CCC12.C[C@]12CC[C@H](OC(=O)CO)CC1=CCC1C2CC[C@]2(C)C(=O)CCC12. The lowest BCUT2D eigenvalue weighted by Crippen LogP contribution is -2.50. The van der Waals surface area contributed by atoms with Gasteiger partial charge in [-0.05, 0) is 123 Å². The molecule has 0 amide bonds. The molecule has 0 radical (unpaired) electrons. The molecule has 6 fully saturated rings. The van der Waals surface area contributed by atoms with E-state index in [4.69, 9.17) is 19.7 Å². The zero-order chi connectivity index (χ0) is 35.6. The number of allylic oxidation sites excluding steroid dienone is 2. The summed E-state index contributed by atoms with van der Waals surface area (Å²) >= 11 is 0. The molecular formula is C42H60O8. The summed E-state index contributed by atoms with van der Waals surface area (Å²) in [7, 11) is 0. The van der Waals surface area contributed by atoms with Crippen molar-refractivity contribution in [1.29, 1.82) is 0 Å². The van der Waals surface area contributed by atoms with Crippen LogP contribution >= 0.6 is 0 Å². The molecule has 0 heterocycles. The third-order valence-electron chi connectivity index (χ3n) is 16.4. The first-order valence-electron chi connectivity index (χ1n) is 19.8. The van der Waals surface area contributed by atoms with Gasteiger partial charge in [-0.3, -0.25) is 9.59 Å². The van der Waals surface area contributed by atoms with Gasteiger partial charge >= 0.3 is 11.9 Å². The summed E-state index contributed by atoms with van der Waals surface area (Å²) in [6.45, 7) is 8.17. The van der Waals surface area contributed by atoms with Gasteiger partial charge in [-0.2, -0.15) is 0 Å². The van der Waals surface area contributed by atoms with Crippen molar-refractivity contribution >= 4 is 23.5 Å².